The first-order chi connectivity index (χ1) is 42.2. The van der Waals surface area contributed by atoms with Crippen molar-refractivity contribution in [1.82, 2.24) is 9.03 Å². The second-order valence-electron chi connectivity index (χ2n) is 22.7. The Morgan fingerprint density at radius 3 is 1.13 bits per heavy atom. The van der Waals surface area contributed by atoms with Gasteiger partial charge in [0, 0.05) is 24.0 Å². The summed E-state index contributed by atoms with van der Waals surface area (Å²) in [6.45, 7) is 20.8. The van der Waals surface area contributed by atoms with Crippen molar-refractivity contribution in [3.8, 4) is 17.2 Å². The van der Waals surface area contributed by atoms with E-state index in [4.69, 9.17) is 28.4 Å². The maximum Gasteiger partial charge on any atom is 0.325 e. The smallest absolute Gasteiger partial charge is 0.325 e. The van der Waals surface area contributed by atoms with Crippen LogP contribution in [0.1, 0.15) is 113 Å². The van der Waals surface area contributed by atoms with Crippen LogP contribution in [0.25, 0.3) is 0 Å². The standard InChI is InChI=1S/C22H27N3O9S.C20H23N3O9S.C17H26O3.C2H5Br.8FH/c1-6-23(35(31,32)20-12-9-16(24(27)28)14-18(20)25(29)30)19(21(26)34-22(2,3)4)13-15-7-10-17(33-5)11-8-15;1-20(2,3)32-19(24)16(11-13-5-8-15(31-4)9-6-13)21-33(29,30)18-10-7-14(22(25)26)12-17(18)23(27)28;1-6-7-14(16(18)20-17(2,3)4)12-13-8-10-15(19-5)11-9-13;1-2-3;;;;;;;;/h7-12,14,19H,6,13H2,1-5H3;5-10,12,16,21H,11H2,1-4H3;8-11,14H,6-7,12H2,1-5H3;2H2,1H3;8*1H/p-8. The summed E-state index contributed by atoms with van der Waals surface area (Å²) in [7, 11) is -4.70. The molecule has 38 heteroatoms. The highest BCUT2D eigenvalue weighted by Gasteiger charge is 2.41. The number of ether oxygens (including phenoxy) is 6. The highest BCUT2D eigenvalue weighted by atomic mass is 79.9. The van der Waals surface area contributed by atoms with Crippen molar-refractivity contribution in [3.63, 3.8) is 0 Å². The number of nitro groups is 4. The SMILES string of the molecule is CCBr.CCCC(Cc1ccc(OC)cc1)C(=O)OC(C)(C)C.CCN(C(Cc1ccc(OC)cc1)C(=O)OC(C)(C)C)S(=O)(=O)c1ccc([N+](=O)[O-])cc1[N+](=O)[O-].COc1ccc(CC(NS(=O)(=O)c2ccc([N+](=O)[O-])cc2[N+](=O)[O-])C(=O)OC(C)(C)C)cc1.[F-].[F-].[F-].[F-].[F-].[F-].[F-].[F-]. The number of methoxy groups -OCH3 is 3. The van der Waals surface area contributed by atoms with Gasteiger partial charge in [0.15, 0.2) is 9.79 Å². The number of likely N-dealkylation sites (N-methyl/N-ethyl adjacent to an activating group) is 1. The van der Waals surface area contributed by atoms with E-state index in [1.807, 2.05) is 52.0 Å². The second-order valence-corrected chi connectivity index (χ2v) is 27.4. The van der Waals surface area contributed by atoms with Gasteiger partial charge in [-0.1, -0.05) is 79.5 Å². The van der Waals surface area contributed by atoms with E-state index in [0.29, 0.717) is 41.2 Å². The molecule has 0 amide bonds. The number of hydrogen-bond acceptors (Lipinski definition) is 21. The van der Waals surface area contributed by atoms with Crippen LogP contribution in [0.2, 0.25) is 0 Å². The zero-order valence-corrected chi connectivity index (χ0v) is 59.8. The lowest BCUT2D eigenvalue weighted by molar-refractivity contribution is -0.396. The molecular formula is C61H81BrF8N6O21S2-8. The van der Waals surface area contributed by atoms with Gasteiger partial charge in [-0.2, -0.15) is 9.03 Å². The summed E-state index contributed by atoms with van der Waals surface area (Å²) in [5.74, 6) is 0.0225. The fourth-order valence-corrected chi connectivity index (χ4v) is 11.3. The largest absolute Gasteiger partial charge is 1.00 e. The molecule has 5 rings (SSSR count). The zero-order valence-electron chi connectivity index (χ0n) is 56.6. The number of carbonyl (C=O) groups is 3. The number of nitrogens with zero attached hydrogens (tertiary/aromatic N) is 5. The van der Waals surface area contributed by atoms with Crippen LogP contribution in [0.3, 0.4) is 0 Å². The predicted molar refractivity (Wildman–Crippen MR) is 342 cm³/mol. The van der Waals surface area contributed by atoms with Crippen LogP contribution < -0.4 is 56.6 Å². The Balaban J connectivity index is -0.000000249. The van der Waals surface area contributed by atoms with Gasteiger partial charge in [0.2, 0.25) is 10.0 Å². The molecule has 0 spiro atoms. The first-order valence-corrected chi connectivity index (χ1v) is 32.3. The van der Waals surface area contributed by atoms with E-state index in [1.54, 1.807) is 97.2 Å². The molecule has 0 aromatic heterocycles. The van der Waals surface area contributed by atoms with Gasteiger partial charge in [-0.3, -0.25) is 54.8 Å². The molecule has 0 fully saturated rings. The van der Waals surface area contributed by atoms with Crippen LogP contribution in [0.4, 0.5) is 22.7 Å². The van der Waals surface area contributed by atoms with E-state index in [1.165, 1.54) is 21.1 Å². The summed E-state index contributed by atoms with van der Waals surface area (Å²) >= 11 is 3.15. The van der Waals surface area contributed by atoms with Gasteiger partial charge < -0.3 is 66.1 Å². The van der Waals surface area contributed by atoms with Crippen molar-refractivity contribution < 1.29 is 117 Å². The van der Waals surface area contributed by atoms with Crippen LogP contribution in [0, 0.1) is 46.4 Å². The van der Waals surface area contributed by atoms with Crippen LogP contribution >= 0.6 is 15.9 Å². The Morgan fingerprint density at radius 2 is 0.808 bits per heavy atom. The topological polar surface area (TPSA) is 363 Å². The van der Waals surface area contributed by atoms with E-state index in [0.717, 1.165) is 58.1 Å². The molecule has 0 saturated carbocycles. The van der Waals surface area contributed by atoms with Gasteiger partial charge >= 0.3 is 17.9 Å². The monoisotopic (exact) mass is 1530 g/mol. The third-order valence-corrected chi connectivity index (χ3v) is 15.7. The molecule has 564 valence electrons. The highest BCUT2D eigenvalue weighted by Crippen LogP contribution is 2.34. The molecule has 27 nitrogen and oxygen atoms in total. The minimum absolute atomic E-state index is 0. The van der Waals surface area contributed by atoms with E-state index >= 15 is 0 Å². The van der Waals surface area contributed by atoms with Gasteiger partial charge in [0.1, 0.15) is 46.1 Å². The number of benzene rings is 5. The summed E-state index contributed by atoms with van der Waals surface area (Å²) in [5.41, 5.74) is -3.26. The lowest BCUT2D eigenvalue weighted by Gasteiger charge is -2.31. The molecular weight excluding hydrogens is 1450 g/mol. The fraction of sp³-hybridized carbons (Fsp3) is 0.459. The first kappa shape index (κ1) is 104. The molecule has 0 saturated heterocycles. The number of carbonyl (C=O) groups excluding carboxylic acids is 3. The van der Waals surface area contributed by atoms with Crippen LogP contribution in [0.15, 0.2) is 119 Å². The normalized spacial score (nSPS) is 11.5. The molecule has 3 atom stereocenters. The summed E-state index contributed by atoms with van der Waals surface area (Å²) in [5, 5.41) is 46.0. The predicted octanol–water partition coefficient (Wildman–Crippen LogP) is -12.4. The van der Waals surface area contributed by atoms with Gasteiger partial charge in [-0.15, -0.1) is 0 Å². The van der Waals surface area contributed by atoms with Crippen molar-refractivity contribution >= 4 is 76.6 Å². The number of nitrogens with one attached hydrogen (secondary N) is 1. The number of non-ortho nitro benzene ring substituents is 2. The van der Waals surface area contributed by atoms with Crippen molar-refractivity contribution in [1.29, 1.82) is 0 Å². The molecule has 0 aliphatic heterocycles. The Bertz CT molecular complexity index is 3540. The quantitative estimate of drug-likeness (QED) is 0.0142. The summed E-state index contributed by atoms with van der Waals surface area (Å²) in [6, 6.07) is 22.5. The van der Waals surface area contributed by atoms with Gasteiger partial charge in [-0.25, -0.2) is 16.8 Å². The number of alkyl halides is 1. The van der Waals surface area contributed by atoms with Crippen LogP contribution in [-0.4, -0.2) is 121 Å². The number of hydrogen-bond donors (Lipinski definition) is 1. The van der Waals surface area contributed by atoms with Crippen LogP contribution in [-0.2, 0) is 67.9 Å². The van der Waals surface area contributed by atoms with Crippen molar-refractivity contribution in [2.24, 2.45) is 5.92 Å². The Morgan fingerprint density at radius 1 is 0.485 bits per heavy atom. The molecule has 0 aliphatic rings. The number of nitro benzene ring substituents is 4. The van der Waals surface area contributed by atoms with Crippen LogP contribution in [0.5, 0.6) is 17.2 Å². The maximum atomic E-state index is 13.6. The van der Waals surface area contributed by atoms with E-state index in [2.05, 4.69) is 27.6 Å². The lowest BCUT2D eigenvalue weighted by atomic mass is 9.95. The van der Waals surface area contributed by atoms with E-state index in [-0.39, 0.29) is 68.9 Å². The number of rotatable bonds is 25. The summed E-state index contributed by atoms with van der Waals surface area (Å²) in [6.07, 6.45) is 2.32. The Labute approximate surface area is 576 Å². The maximum absolute atomic E-state index is 13.6. The summed E-state index contributed by atoms with van der Waals surface area (Å²) < 4.78 is 87.8. The fourth-order valence-electron chi connectivity index (χ4n) is 8.19. The number of sulfonamides is 2. The zero-order chi connectivity index (χ0) is 69.4. The molecule has 0 heterocycles. The Hall–Kier alpha value is -8.75. The molecule has 99 heavy (non-hydrogen) atoms. The van der Waals surface area contributed by atoms with Gasteiger partial charge in [0.25, 0.3) is 32.8 Å². The molecule has 0 bridgehead atoms. The van der Waals surface area contributed by atoms with Crippen molar-refractivity contribution in [2.75, 3.05) is 33.2 Å². The number of esters is 3. The third kappa shape index (κ3) is 34.5. The molecule has 5 aromatic carbocycles. The highest BCUT2D eigenvalue weighted by molar-refractivity contribution is 9.09. The van der Waals surface area contributed by atoms with Gasteiger partial charge in [-0.05, 0) is 153 Å². The average Bonchev–Trinajstić information content (AvgIpc) is 0.776. The molecule has 1 N–H and O–H groups in total. The molecule has 3 unspecified atom stereocenters. The minimum atomic E-state index is -4.66. The second kappa shape index (κ2) is 46.5. The minimum Gasteiger partial charge on any atom is -1.00 e. The van der Waals surface area contributed by atoms with E-state index in [9.17, 15) is 71.7 Å². The van der Waals surface area contributed by atoms with Crippen molar-refractivity contribution in [2.45, 2.75) is 154 Å². The molecule has 0 radical (unpaired) electrons. The lowest BCUT2D eigenvalue weighted by Crippen LogP contribution is -3.00. The molecule has 0 aliphatic carbocycles. The first-order valence-electron chi connectivity index (χ1n) is 28.2. The summed E-state index contributed by atoms with van der Waals surface area (Å²) in [4.78, 5) is 77.7. The van der Waals surface area contributed by atoms with Crippen molar-refractivity contribution in [3.05, 3.63) is 166 Å². The molecule has 5 aromatic rings. The van der Waals surface area contributed by atoms with E-state index < -0.39 is 113 Å². The number of halogens is 9. The Kier molecular flexibility index (Phi) is 48.7. The van der Waals surface area contributed by atoms with Gasteiger partial charge in [0.05, 0.1) is 59.1 Å². The average molecular weight is 1530 g/mol. The third-order valence-electron chi connectivity index (χ3n) is 12.1.